The van der Waals surface area contributed by atoms with Gasteiger partial charge in [-0.05, 0) is 24.1 Å². The molecule has 0 amide bonds. The highest BCUT2D eigenvalue weighted by Crippen LogP contribution is 2.24. The lowest BCUT2D eigenvalue weighted by molar-refractivity contribution is -0.00000460. The first-order chi connectivity index (χ1) is 11.3. The third kappa shape index (κ3) is 5.78. The van der Waals surface area contributed by atoms with Crippen LogP contribution in [0.2, 0.25) is 0 Å². The van der Waals surface area contributed by atoms with Crippen molar-refractivity contribution >= 4 is 11.6 Å². The molecule has 4 heteroatoms. The van der Waals surface area contributed by atoms with Crippen LogP contribution < -0.4 is 12.4 Å². The van der Waals surface area contributed by atoms with Crippen molar-refractivity contribution in [3.63, 3.8) is 0 Å². The van der Waals surface area contributed by atoms with Crippen LogP contribution in [0.1, 0.15) is 22.9 Å². The van der Waals surface area contributed by atoms with E-state index < -0.39 is 0 Å². The average molecular weight is 364 g/mol. The Hall–Kier alpha value is -1.06. The van der Waals surface area contributed by atoms with E-state index in [0.29, 0.717) is 0 Å². The second-order valence-corrected chi connectivity index (χ2v) is 6.80. The minimum Gasteiger partial charge on any atom is -1.00 e. The smallest absolute Gasteiger partial charge is 0.0597 e. The Morgan fingerprint density at radius 2 is 1.33 bits per heavy atom. The molecule has 0 aliphatic carbocycles. The fraction of sp³-hybridized carbons (Fsp3) is 0.400. The van der Waals surface area contributed by atoms with E-state index in [2.05, 4.69) is 64.4 Å². The Bertz CT molecular complexity index is 569. The second kappa shape index (κ2) is 10.0. The fourth-order valence-corrected chi connectivity index (χ4v) is 3.38. The Labute approximate surface area is 156 Å². The Balaban J connectivity index is 0.00000208. The highest BCUT2D eigenvalue weighted by Gasteiger charge is 2.18. The predicted molar refractivity (Wildman–Crippen MR) is 97.8 cm³/mol. The van der Waals surface area contributed by atoms with E-state index in [0.717, 1.165) is 45.7 Å². The van der Waals surface area contributed by atoms with Gasteiger partial charge in [-0.1, -0.05) is 60.7 Å². The van der Waals surface area contributed by atoms with E-state index in [9.17, 15) is 0 Å². The molecule has 24 heavy (non-hydrogen) atoms. The zero-order valence-electron chi connectivity index (χ0n) is 14.0. The van der Waals surface area contributed by atoms with Crippen LogP contribution in [-0.2, 0) is 6.54 Å². The number of benzene rings is 2. The zero-order valence-corrected chi connectivity index (χ0v) is 15.5. The monoisotopic (exact) mass is 363 g/mol. The number of halogens is 2. The standard InChI is InChI=1S/C20H25ClN2.ClH/c21-20(19-9-5-2-6-10-19)11-12-22-13-15-23(16-14-22)17-18-7-3-1-4-8-18;/h1-10,20H,11-17H2;1H/p-1. The van der Waals surface area contributed by atoms with Crippen molar-refractivity contribution in [1.29, 1.82) is 0 Å². The van der Waals surface area contributed by atoms with Gasteiger partial charge >= 0.3 is 0 Å². The summed E-state index contributed by atoms with van der Waals surface area (Å²) in [7, 11) is 0. The summed E-state index contributed by atoms with van der Waals surface area (Å²) in [6.45, 7) is 6.73. The number of alkyl halides is 1. The molecule has 2 aromatic rings. The number of piperazine rings is 1. The van der Waals surface area contributed by atoms with Gasteiger partial charge in [0, 0.05) is 32.7 Å². The molecule has 0 saturated carbocycles. The molecule has 2 aromatic carbocycles. The molecule has 0 radical (unpaired) electrons. The number of rotatable bonds is 6. The van der Waals surface area contributed by atoms with E-state index in [1.165, 1.54) is 11.1 Å². The first-order valence-corrected chi connectivity index (χ1v) is 8.92. The molecule has 1 saturated heterocycles. The molecule has 3 rings (SSSR count). The van der Waals surface area contributed by atoms with Crippen LogP contribution in [0.25, 0.3) is 0 Å². The van der Waals surface area contributed by atoms with Gasteiger partial charge in [0.1, 0.15) is 0 Å². The topological polar surface area (TPSA) is 6.48 Å². The molecule has 1 heterocycles. The Morgan fingerprint density at radius 3 is 1.96 bits per heavy atom. The molecule has 130 valence electrons. The van der Waals surface area contributed by atoms with Crippen LogP contribution in [0.15, 0.2) is 60.7 Å². The van der Waals surface area contributed by atoms with Crippen molar-refractivity contribution in [1.82, 2.24) is 9.80 Å². The van der Waals surface area contributed by atoms with E-state index in [-0.39, 0.29) is 17.8 Å². The van der Waals surface area contributed by atoms with E-state index in [1.54, 1.807) is 0 Å². The van der Waals surface area contributed by atoms with Crippen LogP contribution in [0.4, 0.5) is 0 Å². The molecule has 0 spiro atoms. The normalized spacial score (nSPS) is 17.2. The third-order valence-corrected chi connectivity index (χ3v) is 5.04. The maximum Gasteiger partial charge on any atom is 0.0597 e. The van der Waals surface area contributed by atoms with Gasteiger partial charge in [-0.2, -0.15) is 0 Å². The molecular formula is C20H25Cl2N2-. The summed E-state index contributed by atoms with van der Waals surface area (Å²) in [4.78, 5) is 5.08. The van der Waals surface area contributed by atoms with Crippen molar-refractivity contribution in [3.05, 3.63) is 71.8 Å². The summed E-state index contributed by atoms with van der Waals surface area (Å²) in [5, 5.41) is 0.124. The van der Waals surface area contributed by atoms with E-state index in [1.807, 2.05) is 6.07 Å². The van der Waals surface area contributed by atoms with Gasteiger partial charge in [0.05, 0.1) is 5.38 Å². The molecule has 1 aliphatic rings. The highest BCUT2D eigenvalue weighted by molar-refractivity contribution is 6.20. The summed E-state index contributed by atoms with van der Waals surface area (Å²) in [5.74, 6) is 0. The quantitative estimate of drug-likeness (QED) is 0.711. The second-order valence-electron chi connectivity index (χ2n) is 6.27. The molecular weight excluding hydrogens is 339 g/mol. The summed E-state index contributed by atoms with van der Waals surface area (Å²) < 4.78 is 0. The van der Waals surface area contributed by atoms with Crippen LogP contribution in [-0.4, -0.2) is 42.5 Å². The highest BCUT2D eigenvalue weighted by atomic mass is 35.5. The SMILES string of the molecule is ClC(CCN1CCN(Cc2ccccc2)CC1)c1ccccc1.[Cl-]. The fourth-order valence-electron chi connectivity index (χ4n) is 3.14. The summed E-state index contributed by atoms with van der Waals surface area (Å²) in [5.41, 5.74) is 2.64. The maximum atomic E-state index is 6.52. The minimum absolute atomic E-state index is 0. The predicted octanol–water partition coefficient (Wildman–Crippen LogP) is 1.18. The van der Waals surface area contributed by atoms with Gasteiger partial charge in [0.2, 0.25) is 0 Å². The Morgan fingerprint density at radius 1 is 0.792 bits per heavy atom. The lowest BCUT2D eigenvalue weighted by Gasteiger charge is -2.35. The van der Waals surface area contributed by atoms with Gasteiger partial charge in [-0.15, -0.1) is 11.6 Å². The number of hydrogen-bond acceptors (Lipinski definition) is 2. The van der Waals surface area contributed by atoms with E-state index in [4.69, 9.17) is 11.6 Å². The molecule has 1 unspecified atom stereocenters. The van der Waals surface area contributed by atoms with Crippen LogP contribution >= 0.6 is 11.6 Å². The van der Waals surface area contributed by atoms with Crippen LogP contribution in [0, 0.1) is 0 Å². The summed E-state index contributed by atoms with van der Waals surface area (Å²) >= 11 is 6.52. The molecule has 0 aromatic heterocycles. The molecule has 2 nitrogen and oxygen atoms in total. The summed E-state index contributed by atoms with van der Waals surface area (Å²) in [6.07, 6.45) is 1.02. The maximum absolute atomic E-state index is 6.52. The van der Waals surface area contributed by atoms with Crippen molar-refractivity contribution in [2.75, 3.05) is 32.7 Å². The lowest BCUT2D eigenvalue weighted by atomic mass is 10.1. The van der Waals surface area contributed by atoms with Crippen molar-refractivity contribution in [3.8, 4) is 0 Å². The van der Waals surface area contributed by atoms with Gasteiger partial charge in [0.25, 0.3) is 0 Å². The van der Waals surface area contributed by atoms with Crippen molar-refractivity contribution in [2.24, 2.45) is 0 Å². The van der Waals surface area contributed by atoms with Crippen LogP contribution in [0.3, 0.4) is 0 Å². The Kier molecular flexibility index (Phi) is 8.07. The number of nitrogens with zero attached hydrogens (tertiary/aromatic N) is 2. The molecule has 0 bridgehead atoms. The van der Waals surface area contributed by atoms with Gasteiger partial charge in [-0.25, -0.2) is 0 Å². The molecule has 1 aliphatic heterocycles. The first-order valence-electron chi connectivity index (χ1n) is 8.49. The van der Waals surface area contributed by atoms with E-state index >= 15 is 0 Å². The third-order valence-electron chi connectivity index (χ3n) is 4.57. The minimum atomic E-state index is 0. The van der Waals surface area contributed by atoms with Gasteiger partial charge < -0.3 is 17.3 Å². The largest absolute Gasteiger partial charge is 1.00 e. The van der Waals surface area contributed by atoms with Gasteiger partial charge in [0.15, 0.2) is 0 Å². The van der Waals surface area contributed by atoms with Crippen molar-refractivity contribution < 1.29 is 12.4 Å². The first kappa shape index (κ1) is 19.3. The van der Waals surface area contributed by atoms with Crippen LogP contribution in [0.5, 0.6) is 0 Å². The lowest BCUT2D eigenvalue weighted by Crippen LogP contribution is -3.00. The van der Waals surface area contributed by atoms with Gasteiger partial charge in [-0.3, -0.25) is 4.90 Å². The van der Waals surface area contributed by atoms with Crippen molar-refractivity contribution in [2.45, 2.75) is 18.3 Å². The molecule has 1 fully saturated rings. The number of hydrogen-bond donors (Lipinski definition) is 0. The zero-order chi connectivity index (χ0) is 15.9. The molecule has 0 N–H and O–H groups in total. The summed E-state index contributed by atoms with van der Waals surface area (Å²) in [6, 6.07) is 21.2. The average Bonchev–Trinajstić information content (AvgIpc) is 2.62. The molecule has 1 atom stereocenters.